The summed E-state index contributed by atoms with van der Waals surface area (Å²) in [5, 5.41) is 22.1. The molecule has 0 aromatic rings. The molecule has 2 saturated carbocycles. The van der Waals surface area contributed by atoms with Crippen molar-refractivity contribution < 1.29 is 24.4 Å². The molecule has 1 heterocycles. The molecular formula is C17H30O5. The molecule has 5 heteroatoms. The smallest absolute Gasteiger partial charge is 0.108 e. The Balaban J connectivity index is 2.24. The third-order valence-electron chi connectivity index (χ3n) is 6.92. The lowest BCUT2D eigenvalue weighted by atomic mass is 9.48. The van der Waals surface area contributed by atoms with Gasteiger partial charge in [0.05, 0.1) is 35.4 Å². The van der Waals surface area contributed by atoms with E-state index in [-0.39, 0.29) is 24.0 Å². The number of methoxy groups -OCH3 is 2. The fraction of sp³-hybridized carbons (Fsp3) is 1.00. The second kappa shape index (κ2) is 4.90. The first-order chi connectivity index (χ1) is 10.2. The summed E-state index contributed by atoms with van der Waals surface area (Å²) in [6.07, 6.45) is -0.354. The molecule has 1 saturated heterocycles. The van der Waals surface area contributed by atoms with Gasteiger partial charge in [0.15, 0.2) is 0 Å². The normalized spacial score (nSPS) is 56.7. The Kier molecular flexibility index (Phi) is 3.71. The molecule has 3 aliphatic rings. The third-order valence-corrected chi connectivity index (χ3v) is 6.92. The molecule has 3 rings (SSSR count). The highest BCUT2D eigenvalue weighted by molar-refractivity contribution is 5.26. The first-order valence-corrected chi connectivity index (χ1v) is 8.30. The van der Waals surface area contributed by atoms with Crippen molar-refractivity contribution in [3.05, 3.63) is 0 Å². The second-order valence-corrected chi connectivity index (χ2v) is 8.10. The minimum Gasteiger partial charge on any atom is -0.392 e. The highest BCUT2D eigenvalue weighted by atomic mass is 16.6. The van der Waals surface area contributed by atoms with E-state index in [9.17, 15) is 10.2 Å². The summed E-state index contributed by atoms with van der Waals surface area (Å²) in [7, 11) is 3.30. The number of fused-ring (bicyclic) bond motifs is 1. The van der Waals surface area contributed by atoms with E-state index in [4.69, 9.17) is 14.2 Å². The van der Waals surface area contributed by atoms with Crippen LogP contribution in [-0.2, 0) is 14.2 Å². The van der Waals surface area contributed by atoms with E-state index in [2.05, 4.69) is 6.92 Å². The summed E-state index contributed by atoms with van der Waals surface area (Å²) in [5.41, 5.74) is -2.03. The number of hydrogen-bond acceptors (Lipinski definition) is 5. The zero-order valence-corrected chi connectivity index (χ0v) is 14.5. The fourth-order valence-corrected chi connectivity index (χ4v) is 5.91. The van der Waals surface area contributed by atoms with Gasteiger partial charge in [-0.15, -0.1) is 0 Å². The van der Waals surface area contributed by atoms with Crippen LogP contribution in [0, 0.1) is 17.3 Å². The Hall–Kier alpha value is -0.200. The van der Waals surface area contributed by atoms with Gasteiger partial charge < -0.3 is 24.4 Å². The van der Waals surface area contributed by atoms with Gasteiger partial charge in [-0.2, -0.15) is 0 Å². The quantitative estimate of drug-likeness (QED) is 0.805. The summed E-state index contributed by atoms with van der Waals surface area (Å²) in [5.74, 6) is -0.0288. The van der Waals surface area contributed by atoms with E-state index >= 15 is 0 Å². The Morgan fingerprint density at radius 2 is 1.68 bits per heavy atom. The molecule has 8 atom stereocenters. The largest absolute Gasteiger partial charge is 0.392 e. The lowest BCUT2D eigenvalue weighted by molar-refractivity contribution is -0.300. The van der Waals surface area contributed by atoms with E-state index in [1.165, 1.54) is 0 Å². The van der Waals surface area contributed by atoms with E-state index in [0.29, 0.717) is 6.42 Å². The van der Waals surface area contributed by atoms with Gasteiger partial charge in [0.2, 0.25) is 0 Å². The van der Waals surface area contributed by atoms with E-state index in [1.807, 2.05) is 20.8 Å². The molecule has 5 nitrogen and oxygen atoms in total. The maximum atomic E-state index is 11.2. The molecule has 128 valence electrons. The average Bonchev–Trinajstić information content (AvgIpc) is 2.62. The van der Waals surface area contributed by atoms with Crippen LogP contribution in [0.4, 0.5) is 0 Å². The van der Waals surface area contributed by atoms with Crippen LogP contribution < -0.4 is 0 Å². The van der Waals surface area contributed by atoms with Crippen LogP contribution in [0.3, 0.4) is 0 Å². The Labute approximate surface area is 132 Å². The van der Waals surface area contributed by atoms with Crippen molar-refractivity contribution in [3.63, 3.8) is 0 Å². The molecule has 1 spiro atoms. The lowest BCUT2D eigenvalue weighted by Crippen LogP contribution is -2.75. The van der Waals surface area contributed by atoms with Crippen molar-refractivity contribution in [1.29, 1.82) is 0 Å². The average molecular weight is 314 g/mol. The van der Waals surface area contributed by atoms with E-state index < -0.39 is 28.8 Å². The number of aliphatic hydroxyl groups is 2. The highest BCUT2D eigenvalue weighted by Crippen LogP contribution is 2.66. The Morgan fingerprint density at radius 1 is 1.05 bits per heavy atom. The first-order valence-electron chi connectivity index (χ1n) is 8.30. The van der Waals surface area contributed by atoms with Crippen LogP contribution in [0.25, 0.3) is 0 Å². The maximum Gasteiger partial charge on any atom is 0.108 e. The van der Waals surface area contributed by atoms with Crippen LogP contribution in [0.1, 0.15) is 40.5 Å². The minimum atomic E-state index is -0.797. The van der Waals surface area contributed by atoms with Gasteiger partial charge in [-0.05, 0) is 32.6 Å². The summed E-state index contributed by atoms with van der Waals surface area (Å²) >= 11 is 0. The number of hydrogen-bond donors (Lipinski definition) is 2. The molecule has 0 aromatic carbocycles. The van der Waals surface area contributed by atoms with Crippen LogP contribution in [0.2, 0.25) is 0 Å². The highest BCUT2D eigenvalue weighted by Gasteiger charge is 2.78. The maximum absolute atomic E-state index is 11.2. The van der Waals surface area contributed by atoms with Crippen molar-refractivity contribution in [2.75, 3.05) is 14.2 Å². The van der Waals surface area contributed by atoms with Crippen molar-refractivity contribution in [3.8, 4) is 0 Å². The predicted molar refractivity (Wildman–Crippen MR) is 81.5 cm³/mol. The Morgan fingerprint density at radius 3 is 2.23 bits per heavy atom. The minimum absolute atomic E-state index is 0.149. The summed E-state index contributed by atoms with van der Waals surface area (Å²) < 4.78 is 18.1. The molecule has 22 heavy (non-hydrogen) atoms. The topological polar surface area (TPSA) is 68.2 Å². The third kappa shape index (κ3) is 1.62. The molecule has 2 bridgehead atoms. The second-order valence-electron chi connectivity index (χ2n) is 8.10. The van der Waals surface area contributed by atoms with Gasteiger partial charge in [0, 0.05) is 20.1 Å². The summed E-state index contributed by atoms with van der Waals surface area (Å²) in [6.45, 7) is 8.13. The summed E-state index contributed by atoms with van der Waals surface area (Å²) in [4.78, 5) is 0. The van der Waals surface area contributed by atoms with Gasteiger partial charge in [0.1, 0.15) is 5.60 Å². The lowest BCUT2D eigenvalue weighted by Gasteiger charge is -2.62. The van der Waals surface area contributed by atoms with Crippen molar-refractivity contribution >= 4 is 0 Å². The van der Waals surface area contributed by atoms with Gasteiger partial charge >= 0.3 is 0 Å². The number of aliphatic hydroxyl groups excluding tert-OH is 2. The monoisotopic (exact) mass is 314 g/mol. The molecule has 2 N–H and O–H groups in total. The molecule has 2 aliphatic carbocycles. The molecular weight excluding hydrogens is 284 g/mol. The van der Waals surface area contributed by atoms with Crippen LogP contribution in [0.5, 0.6) is 0 Å². The summed E-state index contributed by atoms with van der Waals surface area (Å²) in [6, 6.07) is 0. The van der Waals surface area contributed by atoms with Gasteiger partial charge in [-0.1, -0.05) is 13.8 Å². The zero-order chi connectivity index (χ0) is 16.5. The van der Waals surface area contributed by atoms with Gasteiger partial charge in [-0.25, -0.2) is 0 Å². The van der Waals surface area contributed by atoms with Gasteiger partial charge in [0.25, 0.3) is 0 Å². The van der Waals surface area contributed by atoms with E-state index in [0.717, 1.165) is 6.42 Å². The molecule has 0 unspecified atom stereocenters. The van der Waals surface area contributed by atoms with Gasteiger partial charge in [-0.3, -0.25) is 0 Å². The van der Waals surface area contributed by atoms with Crippen molar-refractivity contribution in [2.24, 2.45) is 17.3 Å². The fourth-order valence-electron chi connectivity index (χ4n) is 5.91. The standard InChI is InChI=1S/C17H30O5/c1-9-7-8-10(18)16(4)14(21-6)12(20-5)11-13(19)17(9,16)22-15(11,2)3/h9-14,18-19H,7-8H2,1-6H3/t9-,10+,11-,12-,13-,14-,16+,17-/m0/s1. The van der Waals surface area contributed by atoms with E-state index in [1.54, 1.807) is 14.2 Å². The van der Waals surface area contributed by atoms with Crippen LogP contribution in [-0.4, -0.2) is 60.1 Å². The molecule has 0 aromatic heterocycles. The van der Waals surface area contributed by atoms with Crippen molar-refractivity contribution in [2.45, 2.75) is 76.2 Å². The first kappa shape index (κ1) is 16.7. The zero-order valence-electron chi connectivity index (χ0n) is 14.5. The Bertz CT molecular complexity index is 452. The number of rotatable bonds is 2. The number of ether oxygens (including phenoxy) is 3. The molecule has 3 fully saturated rings. The molecule has 0 radical (unpaired) electrons. The SMILES string of the molecule is CO[C@H]1[C@H]2[C@H](O)[C@@]3(OC2(C)C)[C@@H](C)CC[C@@H](O)[C@]3(C)[C@H]1OC. The van der Waals surface area contributed by atoms with Crippen LogP contribution >= 0.6 is 0 Å². The molecule has 1 aliphatic heterocycles. The van der Waals surface area contributed by atoms with Crippen molar-refractivity contribution in [1.82, 2.24) is 0 Å². The molecule has 0 amide bonds. The predicted octanol–water partition coefficient (Wildman–Crippen LogP) is 1.35. The van der Waals surface area contributed by atoms with Crippen LogP contribution in [0.15, 0.2) is 0 Å².